The van der Waals surface area contributed by atoms with E-state index in [2.05, 4.69) is 35.1 Å². The molecule has 110 valence electrons. The molecule has 3 unspecified atom stereocenters. The van der Waals surface area contributed by atoms with E-state index in [0.29, 0.717) is 12.0 Å². The van der Waals surface area contributed by atoms with E-state index in [0.717, 1.165) is 22.5 Å². The molecule has 1 saturated carbocycles. The van der Waals surface area contributed by atoms with Crippen LogP contribution in [-0.2, 0) is 6.54 Å². The van der Waals surface area contributed by atoms with Gasteiger partial charge in [-0.15, -0.1) is 0 Å². The summed E-state index contributed by atoms with van der Waals surface area (Å²) in [6, 6.07) is 5.51. The van der Waals surface area contributed by atoms with Gasteiger partial charge in [-0.2, -0.15) is 0 Å². The Morgan fingerprint density at radius 3 is 2.75 bits per heavy atom. The van der Waals surface area contributed by atoms with E-state index in [-0.39, 0.29) is 10.6 Å². The molecule has 20 heavy (non-hydrogen) atoms. The molecule has 0 amide bonds. The van der Waals surface area contributed by atoms with E-state index in [4.69, 9.17) is 0 Å². The van der Waals surface area contributed by atoms with Crippen LogP contribution < -0.4 is 5.32 Å². The van der Waals surface area contributed by atoms with Crippen LogP contribution >= 0.6 is 15.9 Å². The lowest BCUT2D eigenvalue weighted by atomic mass is 9.80. The maximum Gasteiger partial charge on any atom is 0.270 e. The summed E-state index contributed by atoms with van der Waals surface area (Å²) in [6.45, 7) is 5.37. The van der Waals surface area contributed by atoms with Crippen molar-refractivity contribution in [1.29, 1.82) is 0 Å². The van der Waals surface area contributed by atoms with E-state index < -0.39 is 0 Å². The van der Waals surface area contributed by atoms with Gasteiger partial charge in [-0.3, -0.25) is 10.1 Å². The summed E-state index contributed by atoms with van der Waals surface area (Å²) >= 11 is 3.42. The zero-order valence-corrected chi connectivity index (χ0v) is 13.5. The largest absolute Gasteiger partial charge is 0.310 e. The highest BCUT2D eigenvalue weighted by Crippen LogP contribution is 2.29. The summed E-state index contributed by atoms with van der Waals surface area (Å²) in [4.78, 5) is 10.3. The monoisotopic (exact) mass is 340 g/mol. The lowest BCUT2D eigenvalue weighted by molar-refractivity contribution is -0.384. The quantitative estimate of drug-likeness (QED) is 0.657. The summed E-state index contributed by atoms with van der Waals surface area (Å²) in [7, 11) is 0. The minimum atomic E-state index is -0.368. The van der Waals surface area contributed by atoms with Gasteiger partial charge in [0.2, 0.25) is 0 Å². The van der Waals surface area contributed by atoms with Crippen molar-refractivity contribution in [3.05, 3.63) is 38.3 Å². The van der Waals surface area contributed by atoms with Crippen LogP contribution in [0.3, 0.4) is 0 Å². The zero-order valence-electron chi connectivity index (χ0n) is 11.9. The summed E-state index contributed by atoms with van der Waals surface area (Å²) in [5.74, 6) is 1.52. The number of nitrogens with one attached hydrogen (secondary N) is 1. The molecule has 1 aliphatic rings. The van der Waals surface area contributed by atoms with Crippen LogP contribution in [0.5, 0.6) is 0 Å². The molecule has 0 aliphatic heterocycles. The molecule has 1 fully saturated rings. The van der Waals surface area contributed by atoms with Crippen LogP contribution in [0.25, 0.3) is 0 Å². The Kier molecular flexibility index (Phi) is 5.16. The summed E-state index contributed by atoms with van der Waals surface area (Å²) in [5.41, 5.74) is 1.20. The van der Waals surface area contributed by atoms with Gasteiger partial charge in [-0.25, -0.2) is 0 Å². The fraction of sp³-hybridized carbons (Fsp3) is 0.600. The first-order chi connectivity index (χ1) is 9.47. The van der Waals surface area contributed by atoms with Crippen LogP contribution in [0.1, 0.15) is 38.7 Å². The number of benzene rings is 1. The molecule has 0 saturated heterocycles. The minimum absolute atomic E-state index is 0.125. The maximum absolute atomic E-state index is 10.7. The van der Waals surface area contributed by atoms with Crippen LogP contribution in [-0.4, -0.2) is 11.0 Å². The molecule has 0 radical (unpaired) electrons. The predicted molar refractivity (Wildman–Crippen MR) is 83.6 cm³/mol. The number of nitrogens with zero attached hydrogens (tertiary/aromatic N) is 1. The zero-order chi connectivity index (χ0) is 14.7. The number of nitro groups is 1. The second-order valence-electron chi connectivity index (χ2n) is 5.92. The number of hydrogen-bond acceptors (Lipinski definition) is 3. The van der Waals surface area contributed by atoms with Crippen LogP contribution in [0.2, 0.25) is 0 Å². The van der Waals surface area contributed by atoms with Crippen molar-refractivity contribution in [3.8, 4) is 0 Å². The number of rotatable bonds is 4. The second kappa shape index (κ2) is 6.68. The molecule has 3 atom stereocenters. The number of nitro benzene ring substituents is 1. The Hall–Kier alpha value is -0.940. The molecule has 1 aliphatic carbocycles. The lowest BCUT2D eigenvalue weighted by Crippen LogP contribution is -2.38. The first-order valence-corrected chi connectivity index (χ1v) is 7.93. The van der Waals surface area contributed by atoms with Crippen molar-refractivity contribution >= 4 is 21.6 Å². The van der Waals surface area contributed by atoms with Gasteiger partial charge in [0.1, 0.15) is 0 Å². The smallest absolute Gasteiger partial charge is 0.270 e. The van der Waals surface area contributed by atoms with E-state index in [9.17, 15) is 10.1 Å². The highest BCUT2D eigenvalue weighted by atomic mass is 79.9. The van der Waals surface area contributed by atoms with Crippen molar-refractivity contribution < 1.29 is 4.92 Å². The Morgan fingerprint density at radius 1 is 1.40 bits per heavy atom. The highest BCUT2D eigenvalue weighted by molar-refractivity contribution is 9.10. The summed E-state index contributed by atoms with van der Waals surface area (Å²) < 4.78 is 0.802. The third-order valence-corrected chi connectivity index (χ3v) is 4.97. The SMILES string of the molecule is CC1CCC(NCc2ccc([N+](=O)[O-])cc2Br)C(C)C1. The Balaban J connectivity index is 1.95. The fourth-order valence-corrected chi connectivity index (χ4v) is 3.51. The van der Waals surface area contributed by atoms with Crippen molar-refractivity contribution in [2.24, 2.45) is 11.8 Å². The van der Waals surface area contributed by atoms with Gasteiger partial charge in [-0.1, -0.05) is 29.8 Å². The maximum atomic E-state index is 10.7. The average Bonchev–Trinajstić information content (AvgIpc) is 2.38. The van der Waals surface area contributed by atoms with E-state index in [1.165, 1.54) is 19.3 Å². The van der Waals surface area contributed by atoms with Crippen molar-refractivity contribution in [2.45, 2.75) is 45.7 Å². The molecular weight excluding hydrogens is 320 g/mol. The normalized spacial score (nSPS) is 26.4. The highest BCUT2D eigenvalue weighted by Gasteiger charge is 2.24. The molecule has 0 heterocycles. The molecule has 1 aromatic rings. The molecule has 1 N–H and O–H groups in total. The van der Waals surface area contributed by atoms with Crippen molar-refractivity contribution in [3.63, 3.8) is 0 Å². The van der Waals surface area contributed by atoms with Gasteiger partial charge in [0, 0.05) is 29.2 Å². The number of halogens is 1. The van der Waals surface area contributed by atoms with Crippen molar-refractivity contribution in [2.75, 3.05) is 0 Å². The van der Waals surface area contributed by atoms with Gasteiger partial charge >= 0.3 is 0 Å². The average molecular weight is 341 g/mol. The minimum Gasteiger partial charge on any atom is -0.310 e. The number of hydrogen-bond donors (Lipinski definition) is 1. The molecule has 0 bridgehead atoms. The lowest BCUT2D eigenvalue weighted by Gasteiger charge is -2.33. The Labute approximate surface area is 128 Å². The fourth-order valence-electron chi connectivity index (χ4n) is 3.00. The Bertz CT molecular complexity index is 493. The van der Waals surface area contributed by atoms with E-state index in [1.807, 2.05) is 6.07 Å². The standard InChI is InChI=1S/C15H21BrN2O2/c1-10-3-6-15(11(2)7-10)17-9-12-4-5-13(18(19)20)8-14(12)16/h4-5,8,10-11,15,17H,3,6-7,9H2,1-2H3. The van der Waals surface area contributed by atoms with Gasteiger partial charge in [0.15, 0.2) is 0 Å². The summed E-state index contributed by atoms with van der Waals surface area (Å²) in [6.07, 6.45) is 3.77. The third kappa shape index (κ3) is 3.79. The molecule has 5 heteroatoms. The van der Waals surface area contributed by atoms with Crippen LogP contribution in [0.4, 0.5) is 5.69 Å². The first-order valence-electron chi connectivity index (χ1n) is 7.13. The second-order valence-corrected chi connectivity index (χ2v) is 6.77. The van der Waals surface area contributed by atoms with Crippen LogP contribution in [0, 0.1) is 22.0 Å². The van der Waals surface area contributed by atoms with Gasteiger partial charge in [-0.05, 0) is 42.7 Å². The van der Waals surface area contributed by atoms with Gasteiger partial charge in [0.05, 0.1) is 4.92 Å². The first kappa shape index (κ1) is 15.4. The van der Waals surface area contributed by atoms with E-state index in [1.54, 1.807) is 12.1 Å². The van der Waals surface area contributed by atoms with E-state index >= 15 is 0 Å². The molecule has 4 nitrogen and oxygen atoms in total. The van der Waals surface area contributed by atoms with Crippen molar-refractivity contribution in [1.82, 2.24) is 5.32 Å². The molecule has 0 aromatic heterocycles. The third-order valence-electron chi connectivity index (χ3n) is 4.23. The summed E-state index contributed by atoms with van der Waals surface area (Å²) in [5, 5.41) is 14.3. The molecular formula is C15H21BrN2O2. The van der Waals surface area contributed by atoms with Crippen LogP contribution in [0.15, 0.2) is 22.7 Å². The molecule has 2 rings (SSSR count). The van der Waals surface area contributed by atoms with Gasteiger partial charge in [0.25, 0.3) is 5.69 Å². The molecule has 0 spiro atoms. The topological polar surface area (TPSA) is 55.2 Å². The molecule has 1 aromatic carbocycles. The predicted octanol–water partition coefficient (Wildman–Crippen LogP) is 4.27. The van der Waals surface area contributed by atoms with Gasteiger partial charge < -0.3 is 5.32 Å². The number of non-ortho nitro benzene ring substituents is 1. The Morgan fingerprint density at radius 2 is 2.15 bits per heavy atom.